The van der Waals surface area contributed by atoms with Crippen LogP contribution in [0.1, 0.15) is 11.5 Å². The van der Waals surface area contributed by atoms with Gasteiger partial charge >= 0.3 is 0 Å². The molecule has 180 valence electrons. The molecule has 3 aromatic rings. The number of aromatic nitrogens is 1. The van der Waals surface area contributed by atoms with E-state index in [0.717, 1.165) is 22.0 Å². The van der Waals surface area contributed by atoms with Gasteiger partial charge in [-0.25, -0.2) is 0 Å². The van der Waals surface area contributed by atoms with Gasteiger partial charge in [-0.1, -0.05) is 29.8 Å². The van der Waals surface area contributed by atoms with E-state index >= 15 is 0 Å². The van der Waals surface area contributed by atoms with Crippen molar-refractivity contribution in [3.8, 4) is 0 Å². The highest BCUT2D eigenvalue weighted by Crippen LogP contribution is 2.22. The van der Waals surface area contributed by atoms with Crippen LogP contribution in [0.5, 0.6) is 0 Å². The van der Waals surface area contributed by atoms with Gasteiger partial charge in [0.2, 0.25) is 5.91 Å². The first-order valence-corrected chi connectivity index (χ1v) is 13.2. The fourth-order valence-corrected chi connectivity index (χ4v) is 2.61. The number of carbonyl (C=O) groups is 1. The average Bonchev–Trinajstić information content (AvgIpc) is 2.67. The Hall–Kier alpha value is -2.61. The summed E-state index contributed by atoms with van der Waals surface area (Å²) in [6, 6.07) is 14.8. The standard InChI is InChI=1S/C18H16ClN3O.2CH4O3S/c19-15-4-1-12(2-5-15)17(10-20)18(23)22-16-6-3-14-11-21-8-7-13(14)9-16;2*1-5(2,3)4/h1-9,11,17H,10,20H2,(H,22,23);2*1H3,(H,2,3,4). The van der Waals surface area contributed by atoms with Crippen LogP contribution in [0.2, 0.25) is 5.02 Å². The first-order chi connectivity index (χ1) is 15.2. The van der Waals surface area contributed by atoms with E-state index < -0.39 is 26.2 Å². The molecule has 1 amide bonds. The molecule has 1 atom stereocenters. The minimum atomic E-state index is -3.67. The van der Waals surface area contributed by atoms with Gasteiger partial charge in [0.25, 0.3) is 20.2 Å². The van der Waals surface area contributed by atoms with Gasteiger partial charge in [0.15, 0.2) is 0 Å². The number of hydrogen-bond acceptors (Lipinski definition) is 7. The Morgan fingerprint density at radius 3 is 2.06 bits per heavy atom. The van der Waals surface area contributed by atoms with E-state index in [1.165, 1.54) is 0 Å². The molecule has 0 saturated heterocycles. The highest BCUT2D eigenvalue weighted by atomic mass is 35.5. The second-order valence-corrected chi connectivity index (χ2v) is 10.1. The summed E-state index contributed by atoms with van der Waals surface area (Å²) in [5.41, 5.74) is 7.37. The Labute approximate surface area is 197 Å². The third kappa shape index (κ3) is 12.9. The van der Waals surface area contributed by atoms with Crippen LogP contribution in [0, 0.1) is 0 Å². The summed E-state index contributed by atoms with van der Waals surface area (Å²) < 4.78 is 51.7. The molecule has 0 fully saturated rings. The minimum Gasteiger partial charge on any atom is -0.329 e. The third-order valence-corrected chi connectivity index (χ3v) is 3.98. The van der Waals surface area contributed by atoms with Gasteiger partial charge in [0.05, 0.1) is 18.4 Å². The molecule has 1 unspecified atom stereocenters. The molecular formula is C20H24ClN3O7S2. The molecule has 5 N–H and O–H groups in total. The molecular weight excluding hydrogens is 494 g/mol. The van der Waals surface area contributed by atoms with Crippen molar-refractivity contribution < 1.29 is 30.7 Å². The molecule has 0 radical (unpaired) electrons. The first-order valence-electron chi connectivity index (χ1n) is 9.12. The molecule has 0 saturated carbocycles. The lowest BCUT2D eigenvalue weighted by molar-refractivity contribution is -0.117. The maximum atomic E-state index is 12.5. The van der Waals surface area contributed by atoms with Crippen LogP contribution in [0.15, 0.2) is 60.9 Å². The van der Waals surface area contributed by atoms with E-state index in [-0.39, 0.29) is 12.5 Å². The van der Waals surface area contributed by atoms with Crippen molar-refractivity contribution in [3.63, 3.8) is 0 Å². The Kier molecular flexibility index (Phi) is 10.8. The van der Waals surface area contributed by atoms with Crippen molar-refractivity contribution in [1.29, 1.82) is 0 Å². The molecule has 0 spiro atoms. The normalized spacial score (nSPS) is 11.9. The Bertz CT molecular complexity index is 1240. The SMILES string of the molecule is CS(=O)(=O)O.CS(=O)(=O)O.NCC(C(=O)Nc1ccc2cnccc2c1)c1ccc(Cl)cc1. The molecule has 1 heterocycles. The van der Waals surface area contributed by atoms with Crippen molar-refractivity contribution in [2.24, 2.45) is 5.73 Å². The van der Waals surface area contributed by atoms with Crippen molar-refractivity contribution in [2.45, 2.75) is 5.92 Å². The topological polar surface area (TPSA) is 177 Å². The second kappa shape index (κ2) is 12.6. The predicted octanol–water partition coefficient (Wildman–Crippen LogP) is 2.58. The maximum Gasteiger partial charge on any atom is 0.261 e. The quantitative estimate of drug-likeness (QED) is 0.378. The van der Waals surface area contributed by atoms with Gasteiger partial charge in [-0.15, -0.1) is 0 Å². The Balaban J connectivity index is 0.000000460. The van der Waals surface area contributed by atoms with E-state index in [9.17, 15) is 21.6 Å². The molecule has 0 aliphatic carbocycles. The molecule has 0 aliphatic heterocycles. The number of benzene rings is 2. The Morgan fingerprint density at radius 1 is 1.00 bits per heavy atom. The van der Waals surface area contributed by atoms with Gasteiger partial charge in [-0.3, -0.25) is 18.9 Å². The van der Waals surface area contributed by atoms with E-state index in [2.05, 4.69) is 10.3 Å². The summed E-state index contributed by atoms with van der Waals surface area (Å²) in [7, 11) is -7.33. The fraction of sp³-hybridized carbons (Fsp3) is 0.200. The summed E-state index contributed by atoms with van der Waals surface area (Å²) >= 11 is 5.89. The van der Waals surface area contributed by atoms with Crippen molar-refractivity contribution in [1.82, 2.24) is 4.98 Å². The third-order valence-electron chi connectivity index (χ3n) is 3.73. The van der Waals surface area contributed by atoms with Crippen molar-refractivity contribution in [3.05, 3.63) is 71.5 Å². The number of fused-ring (bicyclic) bond motifs is 1. The summed E-state index contributed by atoms with van der Waals surface area (Å²) in [4.78, 5) is 16.6. The number of nitrogens with one attached hydrogen (secondary N) is 1. The number of rotatable bonds is 4. The summed E-state index contributed by atoms with van der Waals surface area (Å²) in [6.45, 7) is 0.227. The summed E-state index contributed by atoms with van der Waals surface area (Å²) in [5.74, 6) is -0.552. The number of hydrogen-bond donors (Lipinski definition) is 4. The van der Waals surface area contributed by atoms with Gasteiger partial charge in [-0.2, -0.15) is 16.8 Å². The van der Waals surface area contributed by atoms with Gasteiger partial charge in [0, 0.05) is 35.0 Å². The van der Waals surface area contributed by atoms with E-state index in [1.54, 1.807) is 24.5 Å². The van der Waals surface area contributed by atoms with Crippen LogP contribution in [-0.2, 0) is 25.0 Å². The Morgan fingerprint density at radius 2 is 1.55 bits per heavy atom. The summed E-state index contributed by atoms with van der Waals surface area (Å²) in [5, 5.41) is 5.61. The van der Waals surface area contributed by atoms with E-state index in [1.807, 2.05) is 36.4 Å². The lowest BCUT2D eigenvalue weighted by Gasteiger charge is -2.15. The van der Waals surface area contributed by atoms with Crippen LogP contribution < -0.4 is 11.1 Å². The molecule has 0 bridgehead atoms. The molecule has 2 aromatic carbocycles. The monoisotopic (exact) mass is 517 g/mol. The number of anilines is 1. The van der Waals surface area contributed by atoms with E-state index in [4.69, 9.17) is 26.4 Å². The predicted molar refractivity (Wildman–Crippen MR) is 129 cm³/mol. The number of carbonyl (C=O) groups excluding carboxylic acids is 1. The van der Waals surface area contributed by atoms with Crippen LogP contribution >= 0.6 is 11.6 Å². The lowest BCUT2D eigenvalue weighted by atomic mass is 9.98. The van der Waals surface area contributed by atoms with Crippen LogP contribution in [0.25, 0.3) is 10.8 Å². The fourth-order valence-electron chi connectivity index (χ4n) is 2.48. The number of nitrogens with zero attached hydrogens (tertiary/aromatic N) is 1. The van der Waals surface area contributed by atoms with Crippen molar-refractivity contribution >= 4 is 54.2 Å². The average molecular weight is 518 g/mol. The molecule has 13 heteroatoms. The smallest absolute Gasteiger partial charge is 0.261 e. The number of amides is 1. The highest BCUT2D eigenvalue weighted by Gasteiger charge is 2.19. The zero-order valence-electron chi connectivity index (χ0n) is 17.7. The van der Waals surface area contributed by atoms with Crippen molar-refractivity contribution in [2.75, 3.05) is 24.4 Å². The largest absolute Gasteiger partial charge is 0.329 e. The summed E-state index contributed by atoms with van der Waals surface area (Å²) in [6.07, 6.45) is 4.95. The zero-order chi connectivity index (χ0) is 25.2. The maximum absolute atomic E-state index is 12.5. The van der Waals surface area contributed by atoms with Crippen LogP contribution in [0.4, 0.5) is 5.69 Å². The van der Waals surface area contributed by atoms with Gasteiger partial charge in [-0.05, 0) is 41.3 Å². The van der Waals surface area contributed by atoms with Gasteiger partial charge in [0.1, 0.15) is 0 Å². The molecule has 10 nitrogen and oxygen atoms in total. The number of halogens is 1. The lowest BCUT2D eigenvalue weighted by Crippen LogP contribution is -2.27. The zero-order valence-corrected chi connectivity index (χ0v) is 20.1. The molecule has 3 rings (SSSR count). The van der Waals surface area contributed by atoms with Gasteiger partial charge < -0.3 is 11.1 Å². The van der Waals surface area contributed by atoms with E-state index in [0.29, 0.717) is 17.5 Å². The highest BCUT2D eigenvalue weighted by molar-refractivity contribution is 7.85. The number of pyridine rings is 1. The molecule has 0 aliphatic rings. The van der Waals surface area contributed by atoms with Crippen LogP contribution in [-0.4, -0.2) is 55.9 Å². The molecule has 1 aromatic heterocycles. The second-order valence-electron chi connectivity index (χ2n) is 6.73. The molecule has 33 heavy (non-hydrogen) atoms. The van der Waals surface area contributed by atoms with Crippen LogP contribution in [0.3, 0.4) is 0 Å². The first kappa shape index (κ1) is 28.4. The number of nitrogens with two attached hydrogens (primary N) is 1. The minimum absolute atomic E-state index is 0.136.